The predicted octanol–water partition coefficient (Wildman–Crippen LogP) is 1.69. The van der Waals surface area contributed by atoms with Crippen molar-refractivity contribution >= 4 is 5.69 Å². The van der Waals surface area contributed by atoms with Crippen LogP contribution in [-0.2, 0) is 0 Å². The Balaban J connectivity index is 2.37. The number of rotatable bonds is 1. The zero-order valence-electron chi connectivity index (χ0n) is 8.03. The van der Waals surface area contributed by atoms with Crippen LogP contribution in [0.3, 0.4) is 0 Å². The summed E-state index contributed by atoms with van der Waals surface area (Å²) in [7, 11) is 0. The summed E-state index contributed by atoms with van der Waals surface area (Å²) in [5.74, 6) is 0.905. The number of aromatic nitrogens is 1. The van der Waals surface area contributed by atoms with E-state index in [1.807, 2.05) is 12.3 Å². The van der Waals surface area contributed by atoms with Crippen LogP contribution >= 0.6 is 0 Å². The van der Waals surface area contributed by atoms with Crippen molar-refractivity contribution in [1.29, 1.82) is 0 Å². The van der Waals surface area contributed by atoms with Gasteiger partial charge in [0, 0.05) is 12.2 Å². The Morgan fingerprint density at radius 2 is 2.38 bits per heavy atom. The Morgan fingerprint density at radius 1 is 1.54 bits per heavy atom. The van der Waals surface area contributed by atoms with Gasteiger partial charge in [-0.05, 0) is 19.9 Å². The molecule has 0 N–H and O–H groups in total. The smallest absolute Gasteiger partial charge is 0.160 e. The van der Waals surface area contributed by atoms with Crippen LogP contribution in [0.25, 0.3) is 0 Å². The van der Waals surface area contributed by atoms with Crippen molar-refractivity contribution in [2.45, 2.75) is 19.9 Å². The molecule has 1 aliphatic heterocycles. The monoisotopic (exact) mass is 178 g/mol. The van der Waals surface area contributed by atoms with E-state index in [2.05, 4.69) is 23.7 Å². The third-order valence-electron chi connectivity index (χ3n) is 2.29. The van der Waals surface area contributed by atoms with Gasteiger partial charge in [0.2, 0.25) is 0 Å². The van der Waals surface area contributed by atoms with Crippen LogP contribution in [0.4, 0.5) is 5.69 Å². The number of pyridine rings is 1. The van der Waals surface area contributed by atoms with Gasteiger partial charge in [-0.2, -0.15) is 0 Å². The summed E-state index contributed by atoms with van der Waals surface area (Å²) in [5, 5.41) is 0. The molecule has 3 nitrogen and oxygen atoms in total. The molecule has 3 heteroatoms. The van der Waals surface area contributed by atoms with E-state index in [9.17, 15) is 0 Å². The fraction of sp³-hybridized carbons (Fsp3) is 0.500. The SMILES string of the molecule is CC(C)N1CCOc2cnccc21. The summed E-state index contributed by atoms with van der Waals surface area (Å²) in [6.45, 7) is 6.11. The van der Waals surface area contributed by atoms with Gasteiger partial charge in [0.05, 0.1) is 18.4 Å². The maximum atomic E-state index is 5.50. The van der Waals surface area contributed by atoms with Gasteiger partial charge in [-0.3, -0.25) is 4.98 Å². The van der Waals surface area contributed by atoms with E-state index in [1.54, 1.807) is 6.20 Å². The molecule has 1 aliphatic rings. The van der Waals surface area contributed by atoms with Crippen molar-refractivity contribution in [3.63, 3.8) is 0 Å². The Bertz CT molecular complexity index is 299. The minimum Gasteiger partial charge on any atom is -0.488 e. The quantitative estimate of drug-likeness (QED) is 0.654. The molecular weight excluding hydrogens is 164 g/mol. The number of hydrogen-bond donors (Lipinski definition) is 0. The number of hydrogen-bond acceptors (Lipinski definition) is 3. The number of ether oxygens (including phenoxy) is 1. The first-order valence-corrected chi connectivity index (χ1v) is 4.62. The second-order valence-electron chi connectivity index (χ2n) is 3.48. The molecule has 0 aliphatic carbocycles. The van der Waals surface area contributed by atoms with Crippen LogP contribution in [0.2, 0.25) is 0 Å². The van der Waals surface area contributed by atoms with Gasteiger partial charge in [-0.15, -0.1) is 0 Å². The fourth-order valence-corrected chi connectivity index (χ4v) is 1.63. The summed E-state index contributed by atoms with van der Waals surface area (Å²) in [5.41, 5.74) is 1.16. The van der Waals surface area contributed by atoms with Gasteiger partial charge in [0.15, 0.2) is 5.75 Å². The van der Waals surface area contributed by atoms with Crippen LogP contribution in [0.5, 0.6) is 5.75 Å². The van der Waals surface area contributed by atoms with E-state index in [0.717, 1.165) is 24.6 Å². The molecule has 0 bridgehead atoms. The molecule has 0 saturated carbocycles. The minimum absolute atomic E-state index is 0.519. The van der Waals surface area contributed by atoms with Crippen LogP contribution in [0.15, 0.2) is 18.5 Å². The first kappa shape index (κ1) is 8.35. The molecule has 1 aromatic heterocycles. The van der Waals surface area contributed by atoms with Crippen LogP contribution in [0.1, 0.15) is 13.8 Å². The predicted molar refractivity (Wildman–Crippen MR) is 52.2 cm³/mol. The number of fused-ring (bicyclic) bond motifs is 1. The molecule has 2 heterocycles. The average Bonchev–Trinajstić information content (AvgIpc) is 2.17. The van der Waals surface area contributed by atoms with Crippen molar-refractivity contribution < 1.29 is 4.74 Å². The molecule has 1 aromatic rings. The van der Waals surface area contributed by atoms with Gasteiger partial charge in [0.25, 0.3) is 0 Å². The largest absolute Gasteiger partial charge is 0.488 e. The lowest BCUT2D eigenvalue weighted by Gasteiger charge is -2.33. The van der Waals surface area contributed by atoms with Gasteiger partial charge in [-0.1, -0.05) is 0 Å². The van der Waals surface area contributed by atoms with Crippen molar-refractivity contribution in [2.75, 3.05) is 18.1 Å². The lowest BCUT2D eigenvalue weighted by atomic mass is 10.2. The highest BCUT2D eigenvalue weighted by atomic mass is 16.5. The zero-order valence-corrected chi connectivity index (χ0v) is 8.03. The summed E-state index contributed by atoms with van der Waals surface area (Å²) in [6, 6.07) is 2.53. The summed E-state index contributed by atoms with van der Waals surface area (Å²) in [4.78, 5) is 6.37. The minimum atomic E-state index is 0.519. The third kappa shape index (κ3) is 1.46. The molecule has 0 fully saturated rings. The molecule has 0 aromatic carbocycles. The lowest BCUT2D eigenvalue weighted by Crippen LogP contribution is -2.37. The standard InChI is InChI=1S/C10H14N2O/c1-8(2)12-5-6-13-10-7-11-4-3-9(10)12/h3-4,7-8H,5-6H2,1-2H3. The van der Waals surface area contributed by atoms with E-state index < -0.39 is 0 Å². The highest BCUT2D eigenvalue weighted by molar-refractivity contribution is 5.58. The maximum absolute atomic E-state index is 5.50. The van der Waals surface area contributed by atoms with Crippen LogP contribution in [0, 0.1) is 0 Å². The molecule has 0 atom stereocenters. The Morgan fingerprint density at radius 3 is 3.15 bits per heavy atom. The van der Waals surface area contributed by atoms with E-state index in [4.69, 9.17) is 4.74 Å². The van der Waals surface area contributed by atoms with Crippen molar-refractivity contribution in [1.82, 2.24) is 4.98 Å². The zero-order chi connectivity index (χ0) is 9.26. The molecule has 2 rings (SSSR count). The van der Waals surface area contributed by atoms with Crippen LogP contribution in [-0.4, -0.2) is 24.2 Å². The van der Waals surface area contributed by atoms with Gasteiger partial charge in [-0.25, -0.2) is 0 Å². The second kappa shape index (κ2) is 3.24. The molecule has 13 heavy (non-hydrogen) atoms. The number of anilines is 1. The Labute approximate surface area is 78.3 Å². The summed E-state index contributed by atoms with van der Waals surface area (Å²) >= 11 is 0. The van der Waals surface area contributed by atoms with Gasteiger partial charge >= 0.3 is 0 Å². The third-order valence-corrected chi connectivity index (χ3v) is 2.29. The molecule has 0 saturated heterocycles. The number of nitrogens with zero attached hydrogens (tertiary/aromatic N) is 2. The molecule has 0 radical (unpaired) electrons. The molecule has 0 spiro atoms. The molecule has 70 valence electrons. The van der Waals surface area contributed by atoms with Crippen molar-refractivity contribution in [3.05, 3.63) is 18.5 Å². The molecular formula is C10H14N2O. The first-order chi connectivity index (χ1) is 6.29. The fourth-order valence-electron chi connectivity index (χ4n) is 1.63. The highest BCUT2D eigenvalue weighted by Gasteiger charge is 2.19. The van der Waals surface area contributed by atoms with E-state index in [1.165, 1.54) is 0 Å². The normalized spacial score (nSPS) is 15.5. The molecule has 0 amide bonds. The Hall–Kier alpha value is -1.25. The molecule has 0 unspecified atom stereocenters. The second-order valence-corrected chi connectivity index (χ2v) is 3.48. The summed E-state index contributed by atoms with van der Waals surface area (Å²) < 4.78 is 5.50. The highest BCUT2D eigenvalue weighted by Crippen LogP contribution is 2.30. The topological polar surface area (TPSA) is 25.4 Å². The first-order valence-electron chi connectivity index (χ1n) is 4.62. The van der Waals surface area contributed by atoms with E-state index in [-0.39, 0.29) is 0 Å². The Kier molecular flexibility index (Phi) is 2.08. The maximum Gasteiger partial charge on any atom is 0.160 e. The van der Waals surface area contributed by atoms with E-state index in [0.29, 0.717) is 6.04 Å². The average molecular weight is 178 g/mol. The van der Waals surface area contributed by atoms with Crippen molar-refractivity contribution in [2.24, 2.45) is 0 Å². The summed E-state index contributed by atoms with van der Waals surface area (Å²) in [6.07, 6.45) is 3.59. The van der Waals surface area contributed by atoms with Gasteiger partial charge in [0.1, 0.15) is 6.61 Å². The van der Waals surface area contributed by atoms with E-state index >= 15 is 0 Å². The lowest BCUT2D eigenvalue weighted by molar-refractivity contribution is 0.301. The van der Waals surface area contributed by atoms with Gasteiger partial charge < -0.3 is 9.64 Å². The van der Waals surface area contributed by atoms with Crippen LogP contribution < -0.4 is 9.64 Å². The van der Waals surface area contributed by atoms with Crippen molar-refractivity contribution in [3.8, 4) is 5.75 Å².